The predicted octanol–water partition coefficient (Wildman–Crippen LogP) is 1.39. The van der Waals surface area contributed by atoms with Crippen LogP contribution in [0, 0.1) is 0 Å². The Morgan fingerprint density at radius 2 is 2.08 bits per heavy atom. The molecule has 9 nitrogen and oxygen atoms in total. The third-order valence-corrected chi connectivity index (χ3v) is 4.57. The normalized spacial score (nSPS) is 12.0. The summed E-state index contributed by atoms with van der Waals surface area (Å²) in [4.78, 5) is 8.24. The monoisotopic (exact) mass is 348 g/mol. The molecule has 0 atom stereocenters. The van der Waals surface area contributed by atoms with Crippen molar-refractivity contribution in [3.05, 3.63) is 42.5 Å². The molecule has 3 rings (SSSR count). The van der Waals surface area contributed by atoms with Crippen LogP contribution in [0.25, 0.3) is 11.5 Å². The summed E-state index contributed by atoms with van der Waals surface area (Å²) in [5.41, 5.74) is 0.549. The van der Waals surface area contributed by atoms with Gasteiger partial charge in [0.05, 0.1) is 12.7 Å². The lowest BCUT2D eigenvalue weighted by Crippen LogP contribution is -2.26. The van der Waals surface area contributed by atoms with Crippen LogP contribution in [0.3, 0.4) is 0 Å². The quantitative estimate of drug-likeness (QED) is 0.715. The zero-order chi connectivity index (χ0) is 17.2. The van der Waals surface area contributed by atoms with E-state index in [1.165, 1.54) is 16.9 Å². The highest BCUT2D eigenvalue weighted by Gasteiger charge is 2.21. The number of nitrogens with one attached hydrogen (secondary N) is 1. The van der Waals surface area contributed by atoms with Crippen molar-refractivity contribution in [2.75, 3.05) is 0 Å². The van der Waals surface area contributed by atoms with Gasteiger partial charge in [-0.25, -0.2) is 13.1 Å². The molecule has 0 saturated heterocycles. The summed E-state index contributed by atoms with van der Waals surface area (Å²) < 4.78 is 33.7. The van der Waals surface area contributed by atoms with Crippen molar-refractivity contribution in [3.8, 4) is 11.5 Å². The fraction of sp³-hybridized carbons (Fsp3) is 0.286. The predicted molar refractivity (Wildman–Crippen MR) is 84.2 cm³/mol. The van der Waals surface area contributed by atoms with Crippen molar-refractivity contribution >= 4 is 10.0 Å². The second-order valence-corrected chi connectivity index (χ2v) is 6.97. The molecule has 0 fully saturated rings. The molecule has 24 heavy (non-hydrogen) atoms. The largest absolute Gasteiger partial charge is 0.337 e. The van der Waals surface area contributed by atoms with Crippen LogP contribution in [-0.2, 0) is 16.6 Å². The SMILES string of the molecule is CC(C)n1nccc1S(=O)(=O)NCc1nc(-c2ccccn2)no1. The van der Waals surface area contributed by atoms with Gasteiger partial charge in [-0.05, 0) is 32.0 Å². The van der Waals surface area contributed by atoms with Gasteiger partial charge >= 0.3 is 0 Å². The lowest BCUT2D eigenvalue weighted by atomic mass is 10.3. The molecule has 0 radical (unpaired) electrons. The summed E-state index contributed by atoms with van der Waals surface area (Å²) >= 11 is 0. The van der Waals surface area contributed by atoms with E-state index in [9.17, 15) is 8.42 Å². The van der Waals surface area contributed by atoms with Gasteiger partial charge in [0.2, 0.25) is 11.7 Å². The Balaban J connectivity index is 1.74. The first-order valence-corrected chi connectivity index (χ1v) is 8.73. The molecule has 0 bridgehead atoms. The van der Waals surface area contributed by atoms with E-state index in [1.54, 1.807) is 24.4 Å². The van der Waals surface area contributed by atoms with Crippen molar-refractivity contribution in [2.45, 2.75) is 31.5 Å². The summed E-state index contributed by atoms with van der Waals surface area (Å²) in [6, 6.07) is 6.67. The van der Waals surface area contributed by atoms with E-state index < -0.39 is 10.0 Å². The summed E-state index contributed by atoms with van der Waals surface area (Å²) in [5, 5.41) is 7.90. The smallest absolute Gasteiger partial charge is 0.258 e. The number of sulfonamides is 1. The van der Waals surface area contributed by atoms with Gasteiger partial charge in [-0.3, -0.25) is 9.67 Å². The topological polar surface area (TPSA) is 116 Å². The molecular formula is C14H16N6O3S. The second kappa shape index (κ2) is 6.49. The molecule has 1 N–H and O–H groups in total. The zero-order valence-electron chi connectivity index (χ0n) is 13.1. The van der Waals surface area contributed by atoms with Crippen molar-refractivity contribution in [2.24, 2.45) is 0 Å². The molecule has 0 aliphatic rings. The van der Waals surface area contributed by atoms with E-state index >= 15 is 0 Å². The first kappa shape index (κ1) is 16.3. The molecule has 0 aromatic carbocycles. The standard InChI is InChI=1S/C14H16N6O3S/c1-10(2)20-13(6-8-16-20)24(21,22)17-9-12-18-14(19-23-12)11-5-3-4-7-15-11/h3-8,10,17H,9H2,1-2H3. The fourth-order valence-electron chi connectivity index (χ4n) is 2.06. The van der Waals surface area contributed by atoms with Crippen molar-refractivity contribution in [1.29, 1.82) is 0 Å². The Morgan fingerprint density at radius 3 is 2.79 bits per heavy atom. The van der Waals surface area contributed by atoms with E-state index in [0.717, 1.165) is 0 Å². The molecule has 0 saturated carbocycles. The van der Waals surface area contributed by atoms with Gasteiger partial charge in [0.15, 0.2) is 5.03 Å². The Morgan fingerprint density at radius 1 is 1.25 bits per heavy atom. The van der Waals surface area contributed by atoms with Gasteiger partial charge in [0.25, 0.3) is 10.0 Å². The Kier molecular flexibility index (Phi) is 4.40. The van der Waals surface area contributed by atoms with Gasteiger partial charge in [0, 0.05) is 12.2 Å². The zero-order valence-corrected chi connectivity index (χ0v) is 13.9. The maximum Gasteiger partial charge on any atom is 0.258 e. The summed E-state index contributed by atoms with van der Waals surface area (Å²) in [6.45, 7) is 3.58. The van der Waals surface area contributed by atoms with Crippen molar-refractivity contribution < 1.29 is 12.9 Å². The number of nitrogens with zero attached hydrogens (tertiary/aromatic N) is 5. The van der Waals surface area contributed by atoms with Crippen LogP contribution in [0.2, 0.25) is 0 Å². The Labute approximate surface area is 138 Å². The fourth-order valence-corrected chi connectivity index (χ4v) is 3.26. The summed E-state index contributed by atoms with van der Waals surface area (Å²) in [6.07, 6.45) is 3.06. The summed E-state index contributed by atoms with van der Waals surface area (Å²) in [5.74, 6) is 0.451. The van der Waals surface area contributed by atoms with Crippen LogP contribution >= 0.6 is 0 Å². The third-order valence-electron chi connectivity index (χ3n) is 3.17. The lowest BCUT2D eigenvalue weighted by Gasteiger charge is -2.11. The summed E-state index contributed by atoms with van der Waals surface area (Å²) in [7, 11) is -3.74. The minimum Gasteiger partial charge on any atom is -0.337 e. The molecule has 3 aromatic heterocycles. The average Bonchev–Trinajstić information content (AvgIpc) is 3.23. The average molecular weight is 348 g/mol. The Hall–Kier alpha value is -2.59. The van der Waals surface area contributed by atoms with Crippen LogP contribution in [0.4, 0.5) is 0 Å². The van der Waals surface area contributed by atoms with Gasteiger partial charge in [0.1, 0.15) is 5.69 Å². The molecule has 0 unspecified atom stereocenters. The maximum absolute atomic E-state index is 12.4. The van der Waals surface area contributed by atoms with Crippen LogP contribution < -0.4 is 4.72 Å². The van der Waals surface area contributed by atoms with Gasteiger partial charge in [-0.1, -0.05) is 11.2 Å². The highest BCUT2D eigenvalue weighted by molar-refractivity contribution is 7.89. The highest BCUT2D eigenvalue weighted by atomic mass is 32.2. The second-order valence-electron chi connectivity index (χ2n) is 5.26. The number of rotatable bonds is 6. The third kappa shape index (κ3) is 3.34. The van der Waals surface area contributed by atoms with Crippen molar-refractivity contribution in [1.82, 2.24) is 29.6 Å². The van der Waals surface area contributed by atoms with E-state index in [1.807, 2.05) is 13.8 Å². The molecule has 3 heterocycles. The van der Waals surface area contributed by atoms with Crippen molar-refractivity contribution in [3.63, 3.8) is 0 Å². The molecule has 3 aromatic rings. The molecule has 0 spiro atoms. The van der Waals surface area contributed by atoms with Gasteiger partial charge in [-0.2, -0.15) is 10.1 Å². The van der Waals surface area contributed by atoms with Gasteiger partial charge in [-0.15, -0.1) is 0 Å². The first-order valence-electron chi connectivity index (χ1n) is 7.24. The minimum absolute atomic E-state index is 0.0780. The number of pyridine rings is 1. The highest BCUT2D eigenvalue weighted by Crippen LogP contribution is 2.15. The molecule has 0 aliphatic carbocycles. The lowest BCUT2D eigenvalue weighted by molar-refractivity contribution is 0.375. The van der Waals surface area contributed by atoms with Crippen LogP contribution in [0.15, 0.2) is 46.2 Å². The molecule has 10 heteroatoms. The minimum atomic E-state index is -3.74. The first-order chi connectivity index (χ1) is 11.5. The van der Waals surface area contributed by atoms with E-state index in [2.05, 4.69) is 24.9 Å². The molecule has 0 aliphatic heterocycles. The number of aromatic nitrogens is 5. The van der Waals surface area contributed by atoms with E-state index in [0.29, 0.717) is 11.5 Å². The van der Waals surface area contributed by atoms with Crippen LogP contribution in [0.5, 0.6) is 0 Å². The number of hydrogen-bond donors (Lipinski definition) is 1. The van der Waals surface area contributed by atoms with E-state index in [-0.39, 0.29) is 23.5 Å². The van der Waals surface area contributed by atoms with Gasteiger partial charge < -0.3 is 4.52 Å². The maximum atomic E-state index is 12.4. The molecular weight excluding hydrogens is 332 g/mol. The van der Waals surface area contributed by atoms with E-state index in [4.69, 9.17) is 4.52 Å². The Bertz CT molecular complexity index is 917. The molecule has 0 amide bonds. The number of hydrogen-bond acceptors (Lipinski definition) is 7. The molecule has 126 valence electrons. The van der Waals surface area contributed by atoms with Crippen LogP contribution in [-0.4, -0.2) is 33.3 Å². The van der Waals surface area contributed by atoms with Crippen LogP contribution in [0.1, 0.15) is 25.8 Å².